The summed E-state index contributed by atoms with van der Waals surface area (Å²) in [4.78, 5) is 15.9. The van der Waals surface area contributed by atoms with E-state index in [9.17, 15) is 9.90 Å². The molecule has 5 heteroatoms. The largest absolute Gasteiger partial charge is 0.478 e. The number of benzene rings is 2. The Hall–Kier alpha value is -2.76. The summed E-state index contributed by atoms with van der Waals surface area (Å²) in [6, 6.07) is 18.5. The molecule has 0 bridgehead atoms. The zero-order chi connectivity index (χ0) is 17.5. The topological polar surface area (TPSA) is 74.2 Å². The van der Waals surface area contributed by atoms with Crippen molar-refractivity contribution in [3.63, 3.8) is 0 Å². The maximum atomic E-state index is 11.4. The molecular weight excluding hydrogens is 314 g/mol. The first-order valence-electron chi connectivity index (χ1n) is 8.35. The minimum Gasteiger partial charge on any atom is -0.478 e. The van der Waals surface area contributed by atoms with Gasteiger partial charge in [0.15, 0.2) is 0 Å². The first kappa shape index (κ1) is 17.1. The summed E-state index contributed by atoms with van der Waals surface area (Å²) in [5.74, 6) is -0.934. The molecule has 2 aromatic carbocycles. The minimum atomic E-state index is -0.934. The molecule has 1 aliphatic heterocycles. The number of hydrogen-bond acceptors (Lipinski definition) is 4. The number of piperazine rings is 1. The Labute approximate surface area is 146 Å². The van der Waals surface area contributed by atoms with Crippen LogP contribution in [0.15, 0.2) is 60.7 Å². The van der Waals surface area contributed by atoms with Crippen molar-refractivity contribution >= 4 is 16.9 Å². The summed E-state index contributed by atoms with van der Waals surface area (Å²) in [5.41, 5.74) is 2.57. The fourth-order valence-corrected chi connectivity index (χ4v) is 2.71. The van der Waals surface area contributed by atoms with Gasteiger partial charge < -0.3 is 15.7 Å². The molecule has 1 aromatic heterocycles. The van der Waals surface area contributed by atoms with Gasteiger partial charge in [0.1, 0.15) is 0 Å². The second-order valence-corrected chi connectivity index (χ2v) is 5.74. The Morgan fingerprint density at radius 2 is 1.48 bits per heavy atom. The molecule has 25 heavy (non-hydrogen) atoms. The van der Waals surface area contributed by atoms with Gasteiger partial charge in [-0.25, -0.2) is 9.78 Å². The number of fused-ring (bicyclic) bond motifs is 1. The molecule has 1 fully saturated rings. The lowest BCUT2D eigenvalue weighted by molar-refractivity contribution is 0.0699. The average Bonchev–Trinajstić information content (AvgIpc) is 2.69. The summed E-state index contributed by atoms with van der Waals surface area (Å²) in [5, 5.41) is 16.4. The number of para-hydroxylation sites is 1. The van der Waals surface area contributed by atoms with E-state index in [0.29, 0.717) is 16.6 Å². The quantitative estimate of drug-likeness (QED) is 0.671. The third-order valence-electron chi connectivity index (χ3n) is 3.97. The number of carboxylic acid groups (broad SMARTS) is 1. The molecule has 2 heterocycles. The molecule has 3 aromatic rings. The highest BCUT2D eigenvalue weighted by atomic mass is 16.4. The molecule has 1 saturated heterocycles. The summed E-state index contributed by atoms with van der Waals surface area (Å²) in [6.45, 7) is 4.56. The van der Waals surface area contributed by atoms with Crippen LogP contribution in [0.2, 0.25) is 0 Å². The van der Waals surface area contributed by atoms with Gasteiger partial charge in [0.05, 0.1) is 16.8 Å². The zero-order valence-electron chi connectivity index (χ0n) is 13.9. The lowest BCUT2D eigenvalue weighted by Gasteiger charge is -2.11. The second-order valence-electron chi connectivity index (χ2n) is 5.74. The van der Waals surface area contributed by atoms with Crippen LogP contribution in [0.1, 0.15) is 10.4 Å². The van der Waals surface area contributed by atoms with Crippen LogP contribution in [0.4, 0.5) is 0 Å². The van der Waals surface area contributed by atoms with Crippen LogP contribution in [0, 0.1) is 0 Å². The Balaban J connectivity index is 0.000000258. The number of carbonyl (C=O) groups is 1. The molecule has 0 amide bonds. The van der Waals surface area contributed by atoms with Crippen LogP contribution in [-0.4, -0.2) is 42.2 Å². The molecule has 0 spiro atoms. The fourth-order valence-electron chi connectivity index (χ4n) is 2.71. The van der Waals surface area contributed by atoms with E-state index in [2.05, 4.69) is 15.6 Å². The summed E-state index contributed by atoms with van der Waals surface area (Å²) in [7, 11) is 0. The molecule has 4 rings (SSSR count). The van der Waals surface area contributed by atoms with E-state index in [-0.39, 0.29) is 5.56 Å². The van der Waals surface area contributed by atoms with Gasteiger partial charge >= 0.3 is 5.97 Å². The Morgan fingerprint density at radius 1 is 0.880 bits per heavy atom. The van der Waals surface area contributed by atoms with Crippen molar-refractivity contribution in [3.8, 4) is 11.3 Å². The molecule has 1 aliphatic rings. The Morgan fingerprint density at radius 3 is 2.08 bits per heavy atom. The average molecular weight is 335 g/mol. The number of rotatable bonds is 2. The third kappa shape index (κ3) is 4.41. The smallest absolute Gasteiger partial charge is 0.336 e. The standard InChI is InChI=1S/C16H11NO2.C4H10N2/c18-16(19)13-10-15(11-6-2-1-3-7-11)17-14-9-5-4-8-12(13)14;1-2-6-4-3-5-1/h1-10H,(H,18,19);5-6H,1-4H2. The summed E-state index contributed by atoms with van der Waals surface area (Å²) >= 11 is 0. The minimum absolute atomic E-state index is 0.282. The maximum Gasteiger partial charge on any atom is 0.336 e. The van der Waals surface area contributed by atoms with Gasteiger partial charge in [0.25, 0.3) is 0 Å². The van der Waals surface area contributed by atoms with Crippen molar-refractivity contribution < 1.29 is 9.90 Å². The van der Waals surface area contributed by atoms with Gasteiger partial charge in [-0.2, -0.15) is 0 Å². The van der Waals surface area contributed by atoms with E-state index in [1.807, 2.05) is 48.5 Å². The molecule has 0 saturated carbocycles. The Bertz CT molecular complexity index is 834. The van der Waals surface area contributed by atoms with E-state index in [4.69, 9.17) is 0 Å². The molecule has 0 aliphatic carbocycles. The van der Waals surface area contributed by atoms with Crippen LogP contribution >= 0.6 is 0 Å². The second kappa shape index (κ2) is 8.37. The summed E-state index contributed by atoms with van der Waals surface area (Å²) in [6.07, 6.45) is 0. The van der Waals surface area contributed by atoms with E-state index in [1.165, 1.54) is 0 Å². The van der Waals surface area contributed by atoms with Gasteiger partial charge in [-0.15, -0.1) is 0 Å². The van der Waals surface area contributed by atoms with Crippen LogP contribution in [0.5, 0.6) is 0 Å². The maximum absolute atomic E-state index is 11.4. The van der Waals surface area contributed by atoms with Crippen LogP contribution in [0.3, 0.4) is 0 Å². The third-order valence-corrected chi connectivity index (χ3v) is 3.97. The zero-order valence-corrected chi connectivity index (χ0v) is 13.9. The van der Waals surface area contributed by atoms with Gasteiger partial charge in [-0.05, 0) is 12.1 Å². The predicted octanol–water partition coefficient (Wildman–Crippen LogP) is 2.78. The number of hydrogen-bond donors (Lipinski definition) is 3. The molecule has 5 nitrogen and oxygen atoms in total. The van der Waals surface area contributed by atoms with Crippen molar-refractivity contribution in [1.29, 1.82) is 0 Å². The fraction of sp³-hybridized carbons (Fsp3) is 0.200. The van der Waals surface area contributed by atoms with E-state index in [0.717, 1.165) is 31.7 Å². The highest BCUT2D eigenvalue weighted by Gasteiger charge is 2.12. The van der Waals surface area contributed by atoms with Crippen LogP contribution < -0.4 is 10.6 Å². The van der Waals surface area contributed by atoms with Crippen molar-refractivity contribution in [1.82, 2.24) is 15.6 Å². The first-order valence-corrected chi connectivity index (χ1v) is 8.35. The number of aromatic carboxylic acids is 1. The molecular formula is C20H21N3O2. The van der Waals surface area contributed by atoms with Crippen LogP contribution in [0.25, 0.3) is 22.2 Å². The highest BCUT2D eigenvalue weighted by molar-refractivity contribution is 6.03. The van der Waals surface area contributed by atoms with E-state index >= 15 is 0 Å². The predicted molar refractivity (Wildman–Crippen MR) is 99.9 cm³/mol. The van der Waals surface area contributed by atoms with Crippen LogP contribution in [-0.2, 0) is 0 Å². The molecule has 3 N–H and O–H groups in total. The van der Waals surface area contributed by atoms with Gasteiger partial charge in [0.2, 0.25) is 0 Å². The SMILES string of the molecule is C1CNCCN1.O=C(O)c1cc(-c2ccccc2)nc2ccccc12. The molecule has 0 unspecified atom stereocenters. The Kier molecular flexibility index (Phi) is 5.72. The number of nitrogens with zero attached hydrogens (tertiary/aromatic N) is 1. The van der Waals surface area contributed by atoms with E-state index in [1.54, 1.807) is 12.1 Å². The number of aromatic nitrogens is 1. The highest BCUT2D eigenvalue weighted by Crippen LogP contribution is 2.24. The van der Waals surface area contributed by atoms with Crippen molar-refractivity contribution in [2.45, 2.75) is 0 Å². The van der Waals surface area contributed by atoms with Crippen molar-refractivity contribution in [2.24, 2.45) is 0 Å². The van der Waals surface area contributed by atoms with Gasteiger partial charge in [-0.1, -0.05) is 48.5 Å². The van der Waals surface area contributed by atoms with Crippen molar-refractivity contribution in [3.05, 3.63) is 66.2 Å². The van der Waals surface area contributed by atoms with E-state index < -0.39 is 5.97 Å². The lowest BCUT2D eigenvalue weighted by Crippen LogP contribution is -2.39. The van der Waals surface area contributed by atoms with Gasteiger partial charge in [-0.3, -0.25) is 0 Å². The molecule has 0 radical (unpaired) electrons. The number of pyridine rings is 1. The number of carboxylic acids is 1. The monoisotopic (exact) mass is 335 g/mol. The molecule has 128 valence electrons. The lowest BCUT2D eigenvalue weighted by atomic mass is 10.0. The van der Waals surface area contributed by atoms with Gasteiger partial charge in [0, 0.05) is 37.1 Å². The number of nitrogens with one attached hydrogen (secondary N) is 2. The normalized spacial score (nSPS) is 13.8. The van der Waals surface area contributed by atoms with Crippen molar-refractivity contribution in [2.75, 3.05) is 26.2 Å². The molecule has 0 atom stereocenters. The first-order chi connectivity index (χ1) is 12.3. The summed E-state index contributed by atoms with van der Waals surface area (Å²) < 4.78 is 0.